The van der Waals surface area contributed by atoms with Crippen LogP contribution < -0.4 is 10.6 Å². The topological polar surface area (TPSA) is 123 Å². The molecule has 1 fully saturated rings. The predicted octanol–water partition coefficient (Wildman–Crippen LogP) is -0.750. The van der Waals surface area contributed by atoms with Crippen molar-refractivity contribution in [1.82, 2.24) is 19.5 Å². The van der Waals surface area contributed by atoms with Gasteiger partial charge in [-0.1, -0.05) is 6.92 Å². The van der Waals surface area contributed by atoms with Crippen LogP contribution >= 0.6 is 0 Å². The van der Waals surface area contributed by atoms with Crippen LogP contribution in [0.5, 0.6) is 0 Å². The molecule has 1 aliphatic rings. The Bertz CT molecular complexity index is 678. The van der Waals surface area contributed by atoms with E-state index >= 15 is 0 Å². The fraction of sp³-hybridized carbons (Fsp3) is 0.643. The lowest BCUT2D eigenvalue weighted by Gasteiger charge is -2.18. The Morgan fingerprint density at radius 2 is 2.17 bits per heavy atom. The first-order valence-corrected chi connectivity index (χ1v) is 7.67. The van der Waals surface area contributed by atoms with Crippen molar-refractivity contribution in [2.24, 2.45) is 5.73 Å². The largest absolute Gasteiger partial charge is 0.394 e. The average molecular weight is 322 g/mol. The number of aliphatic hydroxyl groups excluding tert-OH is 2. The zero-order valence-corrected chi connectivity index (χ0v) is 13.2. The summed E-state index contributed by atoms with van der Waals surface area (Å²) in [4.78, 5) is 15.0. The number of aromatic nitrogens is 4. The van der Waals surface area contributed by atoms with Gasteiger partial charge in [0.25, 0.3) is 0 Å². The van der Waals surface area contributed by atoms with Gasteiger partial charge in [0.2, 0.25) is 0 Å². The van der Waals surface area contributed by atoms with Gasteiger partial charge in [-0.3, -0.25) is 4.57 Å². The zero-order chi connectivity index (χ0) is 16.6. The van der Waals surface area contributed by atoms with E-state index in [1.807, 2.05) is 11.9 Å². The van der Waals surface area contributed by atoms with Gasteiger partial charge in [-0.15, -0.1) is 0 Å². The Balaban J connectivity index is 1.99. The van der Waals surface area contributed by atoms with E-state index < -0.39 is 24.5 Å². The van der Waals surface area contributed by atoms with E-state index in [2.05, 4.69) is 21.9 Å². The van der Waals surface area contributed by atoms with Gasteiger partial charge in [-0.2, -0.15) is 0 Å². The quantitative estimate of drug-likeness (QED) is 0.657. The van der Waals surface area contributed by atoms with Crippen molar-refractivity contribution in [3.05, 3.63) is 12.7 Å². The minimum atomic E-state index is -0.948. The van der Waals surface area contributed by atoms with E-state index in [4.69, 9.17) is 10.5 Å². The molecule has 126 valence electrons. The van der Waals surface area contributed by atoms with Crippen LogP contribution in [0.2, 0.25) is 0 Å². The highest BCUT2D eigenvalue weighted by atomic mass is 16.5. The second kappa shape index (κ2) is 6.36. The lowest BCUT2D eigenvalue weighted by Crippen LogP contribution is -2.41. The molecule has 0 amide bonds. The minimum absolute atomic E-state index is 0.249. The van der Waals surface area contributed by atoms with Crippen molar-refractivity contribution in [2.45, 2.75) is 37.8 Å². The molecule has 0 radical (unpaired) electrons. The predicted molar refractivity (Wildman–Crippen MR) is 83.9 cm³/mol. The van der Waals surface area contributed by atoms with Gasteiger partial charge < -0.3 is 25.6 Å². The summed E-state index contributed by atoms with van der Waals surface area (Å²) in [6, 6.07) is -0.661. The lowest BCUT2D eigenvalue weighted by molar-refractivity contribution is -0.0488. The van der Waals surface area contributed by atoms with Crippen LogP contribution in [0.25, 0.3) is 11.2 Å². The van der Waals surface area contributed by atoms with E-state index in [9.17, 15) is 10.2 Å². The van der Waals surface area contributed by atoms with E-state index in [0.29, 0.717) is 11.2 Å². The number of nitrogens with two attached hydrogens (primary N) is 1. The Morgan fingerprint density at radius 3 is 2.83 bits per heavy atom. The van der Waals surface area contributed by atoms with Gasteiger partial charge in [-0.05, 0) is 6.42 Å². The zero-order valence-electron chi connectivity index (χ0n) is 13.2. The third-order valence-corrected chi connectivity index (χ3v) is 4.14. The van der Waals surface area contributed by atoms with Gasteiger partial charge in [0, 0.05) is 13.6 Å². The summed E-state index contributed by atoms with van der Waals surface area (Å²) in [5.74, 6) is 0.728. The molecule has 9 nitrogen and oxygen atoms in total. The normalized spacial score (nSPS) is 27.7. The number of anilines is 1. The number of aliphatic hydroxyl groups is 2. The summed E-state index contributed by atoms with van der Waals surface area (Å²) in [6.07, 6.45) is 1.72. The molecule has 1 aliphatic heterocycles. The molecule has 4 unspecified atom stereocenters. The molecule has 0 spiro atoms. The summed E-state index contributed by atoms with van der Waals surface area (Å²) in [5.41, 5.74) is 7.08. The van der Waals surface area contributed by atoms with Gasteiger partial charge in [-0.25, -0.2) is 15.0 Å². The maximum absolute atomic E-state index is 10.3. The van der Waals surface area contributed by atoms with Crippen LogP contribution in [0.1, 0.15) is 19.6 Å². The van der Waals surface area contributed by atoms with Crippen LogP contribution in [-0.4, -0.2) is 68.2 Å². The van der Waals surface area contributed by atoms with Gasteiger partial charge >= 0.3 is 0 Å². The standard InChI is InChI=1S/C14H22N6O3/c1-3-4-19(2)12-10-13(17-6-16-12)20(7-18-10)14-11(22)9(15)8(5-21)23-14/h6-9,11,14,21-22H,3-5,15H2,1-2H3. The Hall–Kier alpha value is -1.81. The van der Waals surface area contributed by atoms with Crippen LogP contribution in [0.3, 0.4) is 0 Å². The summed E-state index contributed by atoms with van der Waals surface area (Å²) in [6.45, 7) is 2.69. The molecular weight excluding hydrogens is 300 g/mol. The average Bonchev–Trinajstić information content (AvgIpc) is 3.09. The van der Waals surface area contributed by atoms with Crippen molar-refractivity contribution in [3.63, 3.8) is 0 Å². The highest BCUT2D eigenvalue weighted by molar-refractivity contribution is 5.83. The molecule has 2 aromatic heterocycles. The van der Waals surface area contributed by atoms with Gasteiger partial charge in [0.15, 0.2) is 23.2 Å². The smallest absolute Gasteiger partial charge is 0.167 e. The first-order chi connectivity index (χ1) is 11.1. The lowest BCUT2D eigenvalue weighted by atomic mass is 10.1. The number of ether oxygens (including phenoxy) is 1. The fourth-order valence-electron chi connectivity index (χ4n) is 2.90. The Labute approximate surface area is 133 Å². The van der Waals surface area contributed by atoms with Gasteiger partial charge in [0.05, 0.1) is 19.0 Å². The molecule has 0 aliphatic carbocycles. The molecule has 3 heterocycles. The first-order valence-electron chi connectivity index (χ1n) is 7.67. The SMILES string of the molecule is CCCN(C)c1ncnc2c1ncn2C1OC(CO)C(N)C1O. The minimum Gasteiger partial charge on any atom is -0.394 e. The molecule has 0 aromatic carbocycles. The number of rotatable bonds is 5. The fourth-order valence-corrected chi connectivity index (χ4v) is 2.90. The summed E-state index contributed by atoms with van der Waals surface area (Å²) in [5, 5.41) is 19.6. The Morgan fingerprint density at radius 1 is 1.39 bits per heavy atom. The third-order valence-electron chi connectivity index (χ3n) is 4.14. The Kier molecular flexibility index (Phi) is 4.44. The molecule has 3 rings (SSSR count). The van der Waals surface area contributed by atoms with E-state index in [0.717, 1.165) is 18.8 Å². The highest BCUT2D eigenvalue weighted by Gasteiger charge is 2.42. The van der Waals surface area contributed by atoms with E-state index in [1.54, 1.807) is 10.9 Å². The molecule has 23 heavy (non-hydrogen) atoms. The summed E-state index contributed by atoms with van der Waals surface area (Å²) in [7, 11) is 1.95. The summed E-state index contributed by atoms with van der Waals surface area (Å²) >= 11 is 0. The molecule has 9 heteroatoms. The van der Waals surface area contributed by atoms with Crippen LogP contribution in [0.4, 0.5) is 5.82 Å². The number of nitrogens with zero attached hydrogens (tertiary/aromatic N) is 5. The number of hydrogen-bond donors (Lipinski definition) is 3. The van der Waals surface area contributed by atoms with Crippen LogP contribution in [-0.2, 0) is 4.74 Å². The van der Waals surface area contributed by atoms with E-state index in [1.165, 1.54) is 6.33 Å². The van der Waals surface area contributed by atoms with Crippen molar-refractivity contribution < 1.29 is 14.9 Å². The molecule has 2 aromatic rings. The molecule has 0 saturated carbocycles. The highest BCUT2D eigenvalue weighted by Crippen LogP contribution is 2.31. The maximum atomic E-state index is 10.3. The first kappa shape index (κ1) is 16.1. The molecular formula is C14H22N6O3. The number of hydrogen-bond acceptors (Lipinski definition) is 8. The molecule has 1 saturated heterocycles. The second-order valence-electron chi connectivity index (χ2n) is 5.76. The third kappa shape index (κ3) is 2.65. The van der Waals surface area contributed by atoms with Crippen LogP contribution in [0.15, 0.2) is 12.7 Å². The van der Waals surface area contributed by atoms with Crippen molar-refractivity contribution in [2.75, 3.05) is 25.1 Å². The van der Waals surface area contributed by atoms with Crippen molar-refractivity contribution in [1.29, 1.82) is 0 Å². The molecule has 4 N–H and O–H groups in total. The van der Waals surface area contributed by atoms with Crippen molar-refractivity contribution >= 4 is 17.0 Å². The molecule has 0 bridgehead atoms. The summed E-state index contributed by atoms with van der Waals surface area (Å²) < 4.78 is 7.30. The second-order valence-corrected chi connectivity index (χ2v) is 5.76. The number of imidazole rings is 1. The van der Waals surface area contributed by atoms with E-state index in [-0.39, 0.29) is 6.61 Å². The monoisotopic (exact) mass is 322 g/mol. The maximum Gasteiger partial charge on any atom is 0.167 e. The number of fused-ring (bicyclic) bond motifs is 1. The van der Waals surface area contributed by atoms with Crippen LogP contribution in [0, 0.1) is 0 Å². The molecule has 4 atom stereocenters. The van der Waals surface area contributed by atoms with Crippen molar-refractivity contribution in [3.8, 4) is 0 Å². The van der Waals surface area contributed by atoms with Gasteiger partial charge in [0.1, 0.15) is 18.5 Å².